The second-order valence-electron chi connectivity index (χ2n) is 8.99. The molecule has 0 unspecified atom stereocenters. The standard InChI is InChI=1S/C26H31N5O2/c1-17(2)24(32)29-21-10-12-22(13-11-21)30-26-28-16-20-9-8-19(14-23(20)31-26)25(33)27-15-18-6-4-3-5-7-18/h3-9,14,16-17,21-22H,10-13,15H2,1-2H3,(H,27,33)(H,29,32)(H,28,30,31). The van der Waals surface area contributed by atoms with Gasteiger partial charge in [0, 0.05) is 41.7 Å². The van der Waals surface area contributed by atoms with E-state index in [4.69, 9.17) is 0 Å². The minimum atomic E-state index is -0.129. The predicted octanol–water partition coefficient (Wildman–Crippen LogP) is 4.06. The summed E-state index contributed by atoms with van der Waals surface area (Å²) < 4.78 is 0. The van der Waals surface area contributed by atoms with E-state index < -0.39 is 0 Å². The molecule has 0 bridgehead atoms. The summed E-state index contributed by atoms with van der Waals surface area (Å²) in [7, 11) is 0. The minimum absolute atomic E-state index is 0.0113. The lowest BCUT2D eigenvalue weighted by Gasteiger charge is -2.30. The number of amides is 2. The number of rotatable bonds is 7. The molecule has 1 fully saturated rings. The Hall–Kier alpha value is -3.48. The summed E-state index contributed by atoms with van der Waals surface area (Å²) in [6.07, 6.45) is 5.56. The van der Waals surface area contributed by atoms with Crippen molar-refractivity contribution in [2.75, 3.05) is 5.32 Å². The highest BCUT2D eigenvalue weighted by molar-refractivity contribution is 5.97. The molecule has 3 N–H and O–H groups in total. The summed E-state index contributed by atoms with van der Waals surface area (Å²) in [5.41, 5.74) is 2.36. The number of fused-ring (bicyclic) bond motifs is 1. The molecule has 7 heteroatoms. The van der Waals surface area contributed by atoms with Crippen molar-refractivity contribution < 1.29 is 9.59 Å². The van der Waals surface area contributed by atoms with Crippen molar-refractivity contribution in [3.05, 3.63) is 65.9 Å². The zero-order chi connectivity index (χ0) is 23.2. The Balaban J connectivity index is 1.35. The van der Waals surface area contributed by atoms with Gasteiger partial charge < -0.3 is 16.0 Å². The van der Waals surface area contributed by atoms with Gasteiger partial charge in [0.15, 0.2) is 0 Å². The van der Waals surface area contributed by atoms with Gasteiger partial charge in [-0.15, -0.1) is 0 Å². The first-order valence-corrected chi connectivity index (χ1v) is 11.6. The van der Waals surface area contributed by atoms with Crippen LogP contribution in [-0.2, 0) is 11.3 Å². The van der Waals surface area contributed by atoms with Gasteiger partial charge in [0.05, 0.1) is 5.52 Å². The maximum absolute atomic E-state index is 12.6. The monoisotopic (exact) mass is 445 g/mol. The first kappa shape index (κ1) is 22.7. The molecule has 0 atom stereocenters. The van der Waals surface area contributed by atoms with E-state index in [2.05, 4.69) is 25.9 Å². The first-order valence-electron chi connectivity index (χ1n) is 11.6. The van der Waals surface area contributed by atoms with E-state index in [9.17, 15) is 9.59 Å². The van der Waals surface area contributed by atoms with Crippen molar-refractivity contribution >= 4 is 28.7 Å². The summed E-state index contributed by atoms with van der Waals surface area (Å²) in [5.74, 6) is 0.569. The molecule has 0 aliphatic heterocycles. The molecule has 0 saturated heterocycles. The normalized spacial score (nSPS) is 18.2. The van der Waals surface area contributed by atoms with E-state index in [-0.39, 0.29) is 29.8 Å². The van der Waals surface area contributed by atoms with Crippen LogP contribution in [-0.4, -0.2) is 33.9 Å². The number of nitrogens with one attached hydrogen (secondary N) is 3. The molecule has 4 rings (SSSR count). The van der Waals surface area contributed by atoms with E-state index in [1.807, 2.05) is 50.2 Å². The van der Waals surface area contributed by atoms with E-state index >= 15 is 0 Å². The van der Waals surface area contributed by atoms with Gasteiger partial charge in [-0.25, -0.2) is 9.97 Å². The third-order valence-corrected chi connectivity index (χ3v) is 6.07. The summed E-state index contributed by atoms with van der Waals surface area (Å²) in [5, 5.41) is 10.4. The smallest absolute Gasteiger partial charge is 0.251 e. The fourth-order valence-corrected chi connectivity index (χ4v) is 4.05. The number of benzene rings is 2. The number of hydrogen-bond donors (Lipinski definition) is 3. The van der Waals surface area contributed by atoms with Crippen molar-refractivity contribution in [3.63, 3.8) is 0 Å². The molecule has 1 aromatic heterocycles. The first-order chi connectivity index (χ1) is 16.0. The van der Waals surface area contributed by atoms with Crippen LogP contribution in [0.2, 0.25) is 0 Å². The lowest BCUT2D eigenvalue weighted by molar-refractivity contribution is -0.124. The Morgan fingerprint density at radius 1 is 1.00 bits per heavy atom. The van der Waals surface area contributed by atoms with E-state index in [0.29, 0.717) is 18.1 Å². The number of nitrogens with zero attached hydrogens (tertiary/aromatic N) is 2. The quantitative estimate of drug-likeness (QED) is 0.510. The Morgan fingerprint density at radius 2 is 1.73 bits per heavy atom. The highest BCUT2D eigenvalue weighted by atomic mass is 16.2. The lowest BCUT2D eigenvalue weighted by Crippen LogP contribution is -2.41. The minimum Gasteiger partial charge on any atom is -0.353 e. The van der Waals surface area contributed by atoms with Gasteiger partial charge in [-0.1, -0.05) is 50.2 Å². The second kappa shape index (κ2) is 10.4. The van der Waals surface area contributed by atoms with Gasteiger partial charge in [0.25, 0.3) is 5.91 Å². The van der Waals surface area contributed by atoms with Crippen LogP contribution in [0.25, 0.3) is 10.9 Å². The third-order valence-electron chi connectivity index (χ3n) is 6.07. The van der Waals surface area contributed by atoms with Crippen LogP contribution in [0.5, 0.6) is 0 Å². The summed E-state index contributed by atoms with van der Waals surface area (Å²) in [4.78, 5) is 33.6. The Labute approximate surface area is 194 Å². The molecule has 1 aliphatic rings. The largest absolute Gasteiger partial charge is 0.353 e. The SMILES string of the molecule is CC(C)C(=O)NC1CCC(Nc2ncc3ccc(C(=O)NCc4ccccc4)cc3n2)CC1. The molecular weight excluding hydrogens is 414 g/mol. The number of carbonyl (C=O) groups is 2. The van der Waals surface area contributed by atoms with Gasteiger partial charge >= 0.3 is 0 Å². The zero-order valence-corrected chi connectivity index (χ0v) is 19.2. The molecule has 2 amide bonds. The van der Waals surface area contributed by atoms with Crippen molar-refractivity contribution in [2.45, 2.75) is 58.2 Å². The molecular formula is C26H31N5O2. The fourth-order valence-electron chi connectivity index (χ4n) is 4.05. The van der Waals surface area contributed by atoms with Gasteiger partial charge in [-0.05, 0) is 43.4 Å². The van der Waals surface area contributed by atoms with Gasteiger partial charge in [-0.2, -0.15) is 0 Å². The molecule has 1 heterocycles. The fraction of sp³-hybridized carbons (Fsp3) is 0.385. The number of carbonyl (C=O) groups excluding carboxylic acids is 2. The molecule has 0 spiro atoms. The van der Waals surface area contributed by atoms with E-state index in [0.717, 1.165) is 42.1 Å². The average Bonchev–Trinajstić information content (AvgIpc) is 2.84. The zero-order valence-electron chi connectivity index (χ0n) is 19.2. The van der Waals surface area contributed by atoms with E-state index in [1.54, 1.807) is 18.3 Å². The third kappa shape index (κ3) is 6.06. The van der Waals surface area contributed by atoms with Crippen LogP contribution >= 0.6 is 0 Å². The van der Waals surface area contributed by atoms with Crippen LogP contribution in [0, 0.1) is 5.92 Å². The lowest BCUT2D eigenvalue weighted by atomic mass is 9.91. The Kier molecular flexibility index (Phi) is 7.17. The van der Waals surface area contributed by atoms with Crippen LogP contribution in [0.1, 0.15) is 55.5 Å². The van der Waals surface area contributed by atoms with E-state index in [1.165, 1.54) is 0 Å². The molecule has 172 valence electrons. The predicted molar refractivity (Wildman–Crippen MR) is 130 cm³/mol. The summed E-state index contributed by atoms with van der Waals surface area (Å²) in [6, 6.07) is 15.8. The molecule has 1 aliphatic carbocycles. The topological polar surface area (TPSA) is 96.0 Å². The van der Waals surface area contributed by atoms with Crippen molar-refractivity contribution in [1.82, 2.24) is 20.6 Å². The van der Waals surface area contributed by atoms with Crippen LogP contribution in [0.3, 0.4) is 0 Å². The Morgan fingerprint density at radius 3 is 2.45 bits per heavy atom. The summed E-state index contributed by atoms with van der Waals surface area (Å²) in [6.45, 7) is 4.31. The van der Waals surface area contributed by atoms with Crippen molar-refractivity contribution in [2.24, 2.45) is 5.92 Å². The van der Waals surface area contributed by atoms with Gasteiger partial charge in [-0.3, -0.25) is 9.59 Å². The maximum atomic E-state index is 12.6. The van der Waals surface area contributed by atoms with Crippen LogP contribution in [0.4, 0.5) is 5.95 Å². The van der Waals surface area contributed by atoms with Crippen LogP contribution in [0.15, 0.2) is 54.7 Å². The van der Waals surface area contributed by atoms with Gasteiger partial charge in [0.2, 0.25) is 11.9 Å². The number of hydrogen-bond acceptors (Lipinski definition) is 5. The number of anilines is 1. The molecule has 33 heavy (non-hydrogen) atoms. The molecule has 2 aromatic carbocycles. The van der Waals surface area contributed by atoms with Crippen LogP contribution < -0.4 is 16.0 Å². The van der Waals surface area contributed by atoms with Crippen molar-refractivity contribution in [1.29, 1.82) is 0 Å². The highest BCUT2D eigenvalue weighted by Crippen LogP contribution is 2.22. The van der Waals surface area contributed by atoms with Gasteiger partial charge in [0.1, 0.15) is 0 Å². The molecule has 3 aromatic rings. The maximum Gasteiger partial charge on any atom is 0.251 e. The average molecular weight is 446 g/mol. The van der Waals surface area contributed by atoms with Crippen molar-refractivity contribution in [3.8, 4) is 0 Å². The number of aromatic nitrogens is 2. The summed E-state index contributed by atoms with van der Waals surface area (Å²) >= 11 is 0. The molecule has 7 nitrogen and oxygen atoms in total. The molecule has 1 saturated carbocycles. The molecule has 0 radical (unpaired) electrons. The second-order valence-corrected chi connectivity index (χ2v) is 8.99. The Bertz CT molecular complexity index is 1110. The highest BCUT2D eigenvalue weighted by Gasteiger charge is 2.23.